The highest BCUT2D eigenvalue weighted by molar-refractivity contribution is 5.90. The number of ether oxygens (including phenoxy) is 3. The molecule has 1 spiro atoms. The van der Waals surface area contributed by atoms with Crippen LogP contribution in [0.4, 0.5) is 0 Å². The molecule has 1 saturated carbocycles. The number of carbonyl (C=O) groups excluding carboxylic acids is 1. The summed E-state index contributed by atoms with van der Waals surface area (Å²) in [7, 11) is 1.69. The van der Waals surface area contributed by atoms with E-state index >= 15 is 0 Å². The molecule has 2 bridgehead atoms. The fourth-order valence-electron chi connectivity index (χ4n) is 8.19. The fraction of sp³-hybridized carbons (Fsp3) is 0.441. The highest BCUT2D eigenvalue weighted by Crippen LogP contribution is 2.66. The van der Waals surface area contributed by atoms with Gasteiger partial charge in [-0.3, -0.25) is 9.69 Å². The van der Waals surface area contributed by atoms with Crippen molar-refractivity contribution >= 4 is 5.78 Å². The summed E-state index contributed by atoms with van der Waals surface area (Å²) in [5, 5.41) is 0. The average molecular weight is 524 g/mol. The van der Waals surface area contributed by atoms with Crippen LogP contribution in [0.2, 0.25) is 0 Å². The zero-order chi connectivity index (χ0) is 26.5. The molecule has 1 saturated heterocycles. The lowest BCUT2D eigenvalue weighted by atomic mass is 9.48. The number of nitrogens with zero attached hydrogens (tertiary/aromatic N) is 1. The van der Waals surface area contributed by atoms with Gasteiger partial charge in [0.15, 0.2) is 23.4 Å². The monoisotopic (exact) mass is 523 g/mol. The summed E-state index contributed by atoms with van der Waals surface area (Å²) >= 11 is 0. The summed E-state index contributed by atoms with van der Waals surface area (Å²) in [5.74, 6) is 1.72. The maximum absolute atomic E-state index is 13.5. The third kappa shape index (κ3) is 3.77. The van der Waals surface area contributed by atoms with Crippen LogP contribution in [-0.2, 0) is 34.2 Å². The van der Waals surface area contributed by atoms with E-state index in [4.69, 9.17) is 14.2 Å². The lowest BCUT2D eigenvalue weighted by molar-refractivity contribution is -0.213. The second-order valence-corrected chi connectivity index (χ2v) is 11.6. The number of methoxy groups -OCH3 is 1. The molecule has 1 unspecified atom stereocenters. The Morgan fingerprint density at radius 1 is 0.949 bits per heavy atom. The molecule has 0 radical (unpaired) electrons. The predicted octanol–water partition coefficient (Wildman–Crippen LogP) is 5.32. The first kappa shape index (κ1) is 24.9. The molecule has 4 atom stereocenters. The largest absolute Gasteiger partial charge is 0.493 e. The smallest absolute Gasteiger partial charge is 0.174 e. The normalized spacial score (nSPS) is 28.6. The molecular formula is C34H37NO4. The molecule has 39 heavy (non-hydrogen) atoms. The van der Waals surface area contributed by atoms with E-state index in [-0.39, 0.29) is 11.8 Å². The lowest BCUT2D eigenvalue weighted by Crippen LogP contribution is -2.77. The second-order valence-electron chi connectivity index (χ2n) is 11.6. The van der Waals surface area contributed by atoms with Gasteiger partial charge in [0, 0.05) is 31.2 Å². The van der Waals surface area contributed by atoms with Crippen LogP contribution in [-0.4, -0.2) is 55.2 Å². The Morgan fingerprint density at radius 3 is 2.44 bits per heavy atom. The van der Waals surface area contributed by atoms with Gasteiger partial charge in [-0.1, -0.05) is 66.7 Å². The van der Waals surface area contributed by atoms with Crippen LogP contribution in [0.5, 0.6) is 11.5 Å². The van der Waals surface area contributed by atoms with Crippen molar-refractivity contribution in [3.05, 3.63) is 95.1 Å². The molecule has 4 aliphatic rings. The summed E-state index contributed by atoms with van der Waals surface area (Å²) < 4.78 is 19.6. The number of piperidine rings is 1. The van der Waals surface area contributed by atoms with E-state index in [1.54, 1.807) is 7.11 Å². The molecule has 2 fully saturated rings. The van der Waals surface area contributed by atoms with Crippen molar-refractivity contribution in [3.63, 3.8) is 0 Å². The van der Waals surface area contributed by atoms with Crippen molar-refractivity contribution in [1.82, 2.24) is 4.90 Å². The number of aryl methyl sites for hydroxylation is 1. The Bertz CT molecular complexity index is 1360. The SMILES string of the molecule is COc1ccc2c3c1OC1C(=O)CC[C@@]4(OCCCc5ccccc5)[C@@H](C2)N(CCc2ccccc2)CC[C@]314. The van der Waals surface area contributed by atoms with Gasteiger partial charge in [-0.15, -0.1) is 0 Å². The number of Topliss-reactive ketones (excluding diaryl/α,β-unsaturated/α-hetero) is 1. The van der Waals surface area contributed by atoms with Gasteiger partial charge in [0.2, 0.25) is 0 Å². The number of rotatable bonds is 9. The number of hydrogen-bond donors (Lipinski definition) is 0. The van der Waals surface area contributed by atoms with E-state index in [0.717, 1.165) is 63.1 Å². The molecule has 3 aromatic carbocycles. The predicted molar refractivity (Wildman–Crippen MR) is 151 cm³/mol. The van der Waals surface area contributed by atoms with Crippen molar-refractivity contribution in [2.45, 2.75) is 68.1 Å². The molecule has 3 aromatic rings. The van der Waals surface area contributed by atoms with Gasteiger partial charge in [-0.05, 0) is 67.8 Å². The summed E-state index contributed by atoms with van der Waals surface area (Å²) in [6, 6.07) is 25.8. The standard InChI is InChI=1S/C34H37NO4/c1-37-28-15-14-26-23-29-34(38-22-8-13-24-9-4-2-5-10-24)18-16-27(36)32-33(34,30(26)31(28)39-32)19-21-35(29)20-17-25-11-6-3-7-12-25/h2-7,9-12,14-15,29,32H,8,13,16-23H2,1H3/t29-,32?,33+,34-/m1/s1. The Kier molecular flexibility index (Phi) is 6.24. The molecule has 202 valence electrons. The molecule has 2 aliphatic heterocycles. The second kappa shape index (κ2) is 9.79. The Hall–Kier alpha value is -3.15. The minimum absolute atomic E-state index is 0.206. The maximum Gasteiger partial charge on any atom is 0.174 e. The Morgan fingerprint density at radius 2 is 1.69 bits per heavy atom. The number of ketones is 1. The molecule has 5 nitrogen and oxygen atoms in total. The fourth-order valence-corrected chi connectivity index (χ4v) is 8.19. The highest BCUT2D eigenvalue weighted by atomic mass is 16.5. The molecule has 7 rings (SSSR count). The molecule has 2 heterocycles. The maximum atomic E-state index is 13.5. The molecule has 0 amide bonds. The average Bonchev–Trinajstić information content (AvgIpc) is 3.33. The summed E-state index contributed by atoms with van der Waals surface area (Å²) in [5.41, 5.74) is 4.27. The van der Waals surface area contributed by atoms with Crippen molar-refractivity contribution in [2.24, 2.45) is 0 Å². The zero-order valence-corrected chi connectivity index (χ0v) is 22.7. The van der Waals surface area contributed by atoms with Crippen LogP contribution < -0.4 is 9.47 Å². The van der Waals surface area contributed by atoms with E-state index in [1.165, 1.54) is 22.3 Å². The van der Waals surface area contributed by atoms with Gasteiger partial charge in [0.05, 0.1) is 18.1 Å². The zero-order valence-electron chi connectivity index (χ0n) is 22.7. The first-order valence-corrected chi connectivity index (χ1v) is 14.5. The third-order valence-corrected chi connectivity index (χ3v) is 9.88. The van der Waals surface area contributed by atoms with Crippen LogP contribution in [0.15, 0.2) is 72.8 Å². The summed E-state index contributed by atoms with van der Waals surface area (Å²) in [6.07, 6.45) is 5.47. The van der Waals surface area contributed by atoms with Crippen LogP contribution in [0.1, 0.15) is 47.9 Å². The van der Waals surface area contributed by atoms with Crippen molar-refractivity contribution in [2.75, 3.05) is 26.8 Å². The minimum atomic E-state index is -0.496. The first-order valence-electron chi connectivity index (χ1n) is 14.5. The molecule has 0 aromatic heterocycles. The summed E-state index contributed by atoms with van der Waals surface area (Å²) in [6.45, 7) is 2.60. The molecule has 0 N–H and O–H groups in total. The van der Waals surface area contributed by atoms with Crippen molar-refractivity contribution in [1.29, 1.82) is 0 Å². The number of benzene rings is 3. The van der Waals surface area contributed by atoms with Crippen LogP contribution in [0, 0.1) is 0 Å². The van der Waals surface area contributed by atoms with Gasteiger partial charge in [0.25, 0.3) is 0 Å². The minimum Gasteiger partial charge on any atom is -0.493 e. The number of hydrogen-bond acceptors (Lipinski definition) is 5. The molecule has 5 heteroatoms. The third-order valence-electron chi connectivity index (χ3n) is 9.88. The summed E-state index contributed by atoms with van der Waals surface area (Å²) in [4.78, 5) is 16.2. The van der Waals surface area contributed by atoms with Gasteiger partial charge < -0.3 is 14.2 Å². The molecular weight excluding hydrogens is 486 g/mol. The van der Waals surface area contributed by atoms with E-state index in [9.17, 15) is 4.79 Å². The molecule has 2 aliphatic carbocycles. The first-order chi connectivity index (χ1) is 19.2. The van der Waals surface area contributed by atoms with E-state index < -0.39 is 17.1 Å². The van der Waals surface area contributed by atoms with E-state index in [0.29, 0.717) is 13.0 Å². The topological polar surface area (TPSA) is 48.0 Å². The van der Waals surface area contributed by atoms with Gasteiger partial charge in [-0.25, -0.2) is 0 Å². The quantitative estimate of drug-likeness (QED) is 0.356. The van der Waals surface area contributed by atoms with Gasteiger partial charge in [-0.2, -0.15) is 0 Å². The lowest BCUT2D eigenvalue weighted by Gasteiger charge is -2.64. The van der Waals surface area contributed by atoms with Gasteiger partial charge in [0.1, 0.15) is 0 Å². The van der Waals surface area contributed by atoms with Crippen molar-refractivity contribution < 1.29 is 19.0 Å². The van der Waals surface area contributed by atoms with Crippen LogP contribution >= 0.6 is 0 Å². The van der Waals surface area contributed by atoms with E-state index in [2.05, 4.69) is 71.6 Å². The Labute approximate surface area is 231 Å². The Balaban J connectivity index is 1.26. The highest BCUT2D eigenvalue weighted by Gasteiger charge is 2.74. The van der Waals surface area contributed by atoms with E-state index in [1.807, 2.05) is 6.07 Å². The van der Waals surface area contributed by atoms with Crippen LogP contribution in [0.25, 0.3) is 0 Å². The number of carbonyl (C=O) groups is 1. The number of likely N-dealkylation sites (tertiary alicyclic amines) is 1. The van der Waals surface area contributed by atoms with Gasteiger partial charge >= 0.3 is 0 Å². The van der Waals surface area contributed by atoms with Crippen LogP contribution in [0.3, 0.4) is 0 Å². The van der Waals surface area contributed by atoms with Crippen molar-refractivity contribution in [3.8, 4) is 11.5 Å².